The molecule has 1 aliphatic rings. The van der Waals surface area contributed by atoms with Crippen LogP contribution < -0.4 is 5.11 Å². The van der Waals surface area contributed by atoms with E-state index in [1.54, 1.807) is 12.1 Å². The molecule has 0 heterocycles. The van der Waals surface area contributed by atoms with E-state index >= 15 is 0 Å². The number of hydrogen-bond donors (Lipinski definition) is 0. The van der Waals surface area contributed by atoms with Crippen LogP contribution in [0.1, 0.15) is 42.1 Å². The predicted octanol–water partition coefficient (Wildman–Crippen LogP) is 1.56. The standard InChI is InChI=1S/C12H14O2/c1-12(2)7-10(12)8-3-5-9(6-4-8)11(13)14/h3-6,10H,7H2,1-2H3,(H,13,14)/p-1/t10-/m0/s1. The Morgan fingerprint density at radius 2 is 1.86 bits per heavy atom. The largest absolute Gasteiger partial charge is 0.545 e. The third-order valence-electron chi connectivity index (χ3n) is 3.06. The van der Waals surface area contributed by atoms with Gasteiger partial charge in [-0.2, -0.15) is 0 Å². The SMILES string of the molecule is CC1(C)C[C@H]1c1ccc(C(=O)[O-])cc1. The highest BCUT2D eigenvalue weighted by Gasteiger charge is 2.46. The first kappa shape index (κ1) is 9.25. The van der Waals surface area contributed by atoms with Crippen molar-refractivity contribution in [3.8, 4) is 0 Å². The molecule has 0 spiro atoms. The summed E-state index contributed by atoms with van der Waals surface area (Å²) in [7, 11) is 0. The van der Waals surface area contributed by atoms with Crippen LogP contribution in [0.15, 0.2) is 24.3 Å². The smallest absolute Gasteiger partial charge is 0.0715 e. The Bertz CT molecular complexity index is 362. The molecule has 0 saturated heterocycles. The van der Waals surface area contributed by atoms with E-state index in [9.17, 15) is 9.90 Å². The molecule has 74 valence electrons. The fourth-order valence-corrected chi connectivity index (χ4v) is 1.89. The number of carboxylic acids is 1. The van der Waals surface area contributed by atoms with Gasteiger partial charge in [0.05, 0.1) is 5.97 Å². The third-order valence-corrected chi connectivity index (χ3v) is 3.06. The van der Waals surface area contributed by atoms with E-state index in [4.69, 9.17) is 0 Å². The zero-order chi connectivity index (χ0) is 10.3. The first-order valence-corrected chi connectivity index (χ1v) is 4.82. The number of hydrogen-bond acceptors (Lipinski definition) is 2. The summed E-state index contributed by atoms with van der Waals surface area (Å²) in [6.07, 6.45) is 1.19. The summed E-state index contributed by atoms with van der Waals surface area (Å²) in [6, 6.07) is 7.03. The van der Waals surface area contributed by atoms with E-state index in [0.29, 0.717) is 11.3 Å². The molecular weight excluding hydrogens is 176 g/mol. The summed E-state index contributed by atoms with van der Waals surface area (Å²) in [5.41, 5.74) is 1.88. The highest BCUT2D eigenvalue weighted by molar-refractivity contribution is 5.85. The Kier molecular flexibility index (Phi) is 1.88. The molecule has 2 rings (SSSR count). The van der Waals surface area contributed by atoms with Crippen molar-refractivity contribution in [1.29, 1.82) is 0 Å². The van der Waals surface area contributed by atoms with Crippen LogP contribution in [0, 0.1) is 5.41 Å². The molecule has 0 bridgehead atoms. The lowest BCUT2D eigenvalue weighted by Crippen LogP contribution is -2.21. The molecule has 0 N–H and O–H groups in total. The van der Waals surface area contributed by atoms with Crippen LogP contribution >= 0.6 is 0 Å². The van der Waals surface area contributed by atoms with Crippen molar-refractivity contribution in [2.24, 2.45) is 5.41 Å². The summed E-state index contributed by atoms with van der Waals surface area (Å²) in [6.45, 7) is 4.45. The van der Waals surface area contributed by atoms with Crippen LogP contribution in [0.25, 0.3) is 0 Å². The summed E-state index contributed by atoms with van der Waals surface area (Å²) in [5, 5.41) is 10.5. The van der Waals surface area contributed by atoms with Gasteiger partial charge in [-0.25, -0.2) is 0 Å². The average Bonchev–Trinajstić information content (AvgIpc) is 2.75. The zero-order valence-corrected chi connectivity index (χ0v) is 8.41. The van der Waals surface area contributed by atoms with Crippen molar-refractivity contribution in [3.05, 3.63) is 35.4 Å². The summed E-state index contributed by atoms with van der Waals surface area (Å²) < 4.78 is 0. The molecule has 0 amide bonds. The molecule has 1 saturated carbocycles. The van der Waals surface area contributed by atoms with Crippen LogP contribution in [-0.2, 0) is 0 Å². The predicted molar refractivity (Wildman–Crippen MR) is 51.9 cm³/mol. The van der Waals surface area contributed by atoms with Crippen LogP contribution in [0.3, 0.4) is 0 Å². The second-order valence-electron chi connectivity index (χ2n) is 4.65. The molecule has 1 fully saturated rings. The fourth-order valence-electron chi connectivity index (χ4n) is 1.89. The number of carboxylic acid groups (broad SMARTS) is 1. The van der Waals surface area contributed by atoms with Crippen molar-refractivity contribution in [2.75, 3.05) is 0 Å². The lowest BCUT2D eigenvalue weighted by Gasteiger charge is -2.06. The minimum atomic E-state index is -1.10. The van der Waals surface area contributed by atoms with E-state index in [1.807, 2.05) is 12.1 Å². The molecular formula is C12H13O2-. The van der Waals surface area contributed by atoms with Gasteiger partial charge in [0.2, 0.25) is 0 Å². The van der Waals surface area contributed by atoms with Gasteiger partial charge >= 0.3 is 0 Å². The second-order valence-corrected chi connectivity index (χ2v) is 4.65. The highest BCUT2D eigenvalue weighted by atomic mass is 16.4. The van der Waals surface area contributed by atoms with Gasteiger partial charge in [0.15, 0.2) is 0 Å². The van der Waals surface area contributed by atoms with Crippen molar-refractivity contribution in [3.63, 3.8) is 0 Å². The van der Waals surface area contributed by atoms with Crippen LogP contribution in [-0.4, -0.2) is 5.97 Å². The Balaban J connectivity index is 2.20. The van der Waals surface area contributed by atoms with Crippen LogP contribution in [0.4, 0.5) is 0 Å². The molecule has 1 aliphatic carbocycles. The molecule has 0 radical (unpaired) electrons. The van der Waals surface area contributed by atoms with Crippen molar-refractivity contribution < 1.29 is 9.90 Å². The van der Waals surface area contributed by atoms with Gasteiger partial charge in [-0.1, -0.05) is 38.1 Å². The van der Waals surface area contributed by atoms with E-state index in [1.165, 1.54) is 12.0 Å². The van der Waals surface area contributed by atoms with Gasteiger partial charge in [0.1, 0.15) is 0 Å². The molecule has 1 atom stereocenters. The lowest BCUT2D eigenvalue weighted by molar-refractivity contribution is -0.255. The molecule has 1 aromatic rings. The molecule has 2 nitrogen and oxygen atoms in total. The topological polar surface area (TPSA) is 40.1 Å². The summed E-state index contributed by atoms with van der Waals surface area (Å²) in [4.78, 5) is 10.5. The minimum absolute atomic E-state index is 0.257. The van der Waals surface area contributed by atoms with E-state index in [0.717, 1.165) is 0 Å². The third kappa shape index (κ3) is 1.52. The van der Waals surface area contributed by atoms with Gasteiger partial charge in [0.25, 0.3) is 0 Å². The normalized spacial score (nSPS) is 23.1. The van der Waals surface area contributed by atoms with Crippen molar-refractivity contribution >= 4 is 5.97 Å². The summed E-state index contributed by atoms with van der Waals surface area (Å²) >= 11 is 0. The second kappa shape index (κ2) is 2.84. The van der Waals surface area contributed by atoms with Crippen molar-refractivity contribution in [2.45, 2.75) is 26.2 Å². The van der Waals surface area contributed by atoms with Gasteiger partial charge < -0.3 is 9.90 Å². The Labute approximate surface area is 83.6 Å². The van der Waals surface area contributed by atoms with Gasteiger partial charge in [-0.05, 0) is 28.9 Å². The lowest BCUT2D eigenvalue weighted by atomic mass is 10.0. The average molecular weight is 189 g/mol. The van der Waals surface area contributed by atoms with Gasteiger partial charge in [0, 0.05) is 0 Å². The van der Waals surface area contributed by atoms with Crippen LogP contribution in [0.2, 0.25) is 0 Å². The number of aromatic carboxylic acids is 1. The zero-order valence-electron chi connectivity index (χ0n) is 8.41. The molecule has 0 unspecified atom stereocenters. The molecule has 1 aromatic carbocycles. The van der Waals surface area contributed by atoms with Gasteiger partial charge in [-0.15, -0.1) is 0 Å². The first-order chi connectivity index (χ1) is 6.50. The fraction of sp³-hybridized carbons (Fsp3) is 0.417. The van der Waals surface area contributed by atoms with Crippen LogP contribution in [0.5, 0.6) is 0 Å². The molecule has 0 aliphatic heterocycles. The molecule has 0 aromatic heterocycles. The van der Waals surface area contributed by atoms with E-state index in [-0.39, 0.29) is 5.56 Å². The molecule has 2 heteroatoms. The summed E-state index contributed by atoms with van der Waals surface area (Å²) in [5.74, 6) is -0.509. The Morgan fingerprint density at radius 1 is 1.36 bits per heavy atom. The monoisotopic (exact) mass is 189 g/mol. The number of carbonyl (C=O) groups is 1. The number of benzene rings is 1. The van der Waals surface area contributed by atoms with E-state index in [2.05, 4.69) is 13.8 Å². The minimum Gasteiger partial charge on any atom is -0.545 e. The number of rotatable bonds is 2. The first-order valence-electron chi connectivity index (χ1n) is 4.82. The maximum Gasteiger partial charge on any atom is 0.0715 e. The van der Waals surface area contributed by atoms with Crippen molar-refractivity contribution in [1.82, 2.24) is 0 Å². The highest BCUT2D eigenvalue weighted by Crippen LogP contribution is 2.58. The molecule has 14 heavy (non-hydrogen) atoms. The van der Waals surface area contributed by atoms with E-state index < -0.39 is 5.97 Å². The quantitative estimate of drug-likeness (QED) is 0.708. The van der Waals surface area contributed by atoms with Gasteiger partial charge in [-0.3, -0.25) is 0 Å². The maximum absolute atomic E-state index is 10.5. The Morgan fingerprint density at radius 3 is 2.21 bits per heavy atom. The maximum atomic E-state index is 10.5. The number of carbonyl (C=O) groups excluding carboxylic acids is 1. The Hall–Kier alpha value is -1.31.